The van der Waals surface area contributed by atoms with Crippen molar-refractivity contribution >= 4 is 15.7 Å². The maximum Gasteiger partial charge on any atom is 0.246 e. The van der Waals surface area contributed by atoms with E-state index in [1.807, 2.05) is 19.1 Å². The third-order valence-corrected chi connectivity index (χ3v) is 3.10. The predicted molar refractivity (Wildman–Crippen MR) is 63.5 cm³/mol. The molecule has 0 aliphatic rings. The molecule has 1 aromatic rings. The molecular formula is C11H14N2O2S. The largest absolute Gasteiger partial charge is 0.282 e. The van der Waals surface area contributed by atoms with Gasteiger partial charge in [0, 0.05) is 0 Å². The van der Waals surface area contributed by atoms with Gasteiger partial charge in [0.05, 0.1) is 11.8 Å². The highest BCUT2D eigenvalue weighted by atomic mass is 32.2. The lowest BCUT2D eigenvalue weighted by Gasteiger charge is -2.10. The fourth-order valence-corrected chi connectivity index (χ4v) is 2.17. The molecule has 5 heteroatoms. The molecule has 0 aromatic heterocycles. The Balaban J connectivity index is 2.93. The van der Waals surface area contributed by atoms with Crippen LogP contribution in [0.25, 0.3) is 0 Å². The Kier molecular flexibility index (Phi) is 4.32. The third kappa shape index (κ3) is 3.55. The molecule has 1 N–H and O–H groups in total. The number of nitrogens with zero attached hydrogens (tertiary/aromatic N) is 1. The molecule has 1 rings (SSSR count). The van der Waals surface area contributed by atoms with E-state index in [1.165, 1.54) is 0 Å². The van der Waals surface area contributed by atoms with Crippen LogP contribution in [0.15, 0.2) is 24.3 Å². The topological polar surface area (TPSA) is 70.0 Å². The molecule has 4 nitrogen and oxygen atoms in total. The van der Waals surface area contributed by atoms with Crippen LogP contribution in [0, 0.1) is 11.3 Å². The van der Waals surface area contributed by atoms with Gasteiger partial charge in [-0.05, 0) is 18.1 Å². The van der Waals surface area contributed by atoms with Crippen molar-refractivity contribution < 1.29 is 8.42 Å². The Morgan fingerprint density at radius 3 is 2.69 bits per heavy atom. The van der Waals surface area contributed by atoms with Crippen molar-refractivity contribution in [3.63, 3.8) is 0 Å². The maximum atomic E-state index is 11.4. The highest BCUT2D eigenvalue weighted by molar-refractivity contribution is 7.92. The number of aryl methyl sites for hydroxylation is 1. The Bertz CT molecular complexity index is 489. The van der Waals surface area contributed by atoms with E-state index in [-0.39, 0.29) is 0 Å². The van der Waals surface area contributed by atoms with Gasteiger partial charge in [0.25, 0.3) is 0 Å². The first-order valence-corrected chi connectivity index (χ1v) is 6.69. The summed E-state index contributed by atoms with van der Waals surface area (Å²) in [7, 11) is -3.54. The summed E-state index contributed by atoms with van der Waals surface area (Å²) in [6.07, 6.45) is 1.75. The number of sulfonamides is 1. The normalized spacial score (nSPS) is 10.8. The van der Waals surface area contributed by atoms with Crippen LogP contribution in [-0.4, -0.2) is 14.2 Å². The average molecular weight is 238 g/mol. The quantitative estimate of drug-likeness (QED) is 0.851. The summed E-state index contributed by atoms with van der Waals surface area (Å²) in [6.45, 7) is 2.03. The summed E-state index contributed by atoms with van der Waals surface area (Å²) in [5.41, 5.74) is 1.52. The molecule has 0 heterocycles. The first kappa shape index (κ1) is 12.5. The van der Waals surface area contributed by atoms with Gasteiger partial charge < -0.3 is 0 Å². The molecule has 0 aliphatic heterocycles. The maximum absolute atomic E-state index is 11.4. The van der Waals surface area contributed by atoms with E-state index in [9.17, 15) is 8.42 Å². The van der Waals surface area contributed by atoms with Crippen molar-refractivity contribution in [2.75, 3.05) is 10.5 Å². The average Bonchev–Trinajstić information content (AvgIpc) is 2.20. The molecule has 0 radical (unpaired) electrons. The van der Waals surface area contributed by atoms with Crippen LogP contribution in [0.2, 0.25) is 0 Å². The van der Waals surface area contributed by atoms with Gasteiger partial charge >= 0.3 is 0 Å². The van der Waals surface area contributed by atoms with Gasteiger partial charge in [0.2, 0.25) is 10.0 Å². The number of nitriles is 1. The number of para-hydroxylation sites is 1. The lowest BCUT2D eigenvalue weighted by atomic mass is 10.1. The molecule has 1 aromatic carbocycles. The summed E-state index contributed by atoms with van der Waals surface area (Å²) in [6, 6.07) is 8.86. The third-order valence-electron chi connectivity index (χ3n) is 2.06. The van der Waals surface area contributed by atoms with Crippen LogP contribution in [0.3, 0.4) is 0 Å². The fourth-order valence-electron chi connectivity index (χ4n) is 1.40. The molecular weight excluding hydrogens is 224 g/mol. The van der Waals surface area contributed by atoms with Crippen molar-refractivity contribution in [1.29, 1.82) is 5.26 Å². The monoisotopic (exact) mass is 238 g/mol. The summed E-state index contributed by atoms with van der Waals surface area (Å²) in [4.78, 5) is 0. The SMILES string of the molecule is CCCc1ccccc1NS(=O)(=O)CC#N. The lowest BCUT2D eigenvalue weighted by molar-refractivity contribution is 0.604. The Labute approximate surface area is 96.0 Å². The fraction of sp³-hybridized carbons (Fsp3) is 0.364. The standard InChI is InChI=1S/C11H14N2O2S/c1-2-5-10-6-3-4-7-11(10)13-16(14,15)9-8-12/h3-4,6-7,13H,2,5,9H2,1H3. The lowest BCUT2D eigenvalue weighted by Crippen LogP contribution is -2.16. The van der Waals surface area contributed by atoms with E-state index in [2.05, 4.69) is 4.72 Å². The van der Waals surface area contributed by atoms with Crippen LogP contribution in [0.1, 0.15) is 18.9 Å². The van der Waals surface area contributed by atoms with Gasteiger partial charge in [-0.2, -0.15) is 5.26 Å². The minimum Gasteiger partial charge on any atom is -0.282 e. The van der Waals surface area contributed by atoms with Crippen LogP contribution < -0.4 is 4.72 Å². The number of hydrogen-bond donors (Lipinski definition) is 1. The van der Waals surface area contributed by atoms with Crippen LogP contribution in [0.4, 0.5) is 5.69 Å². The molecule has 86 valence electrons. The predicted octanol–water partition coefficient (Wildman–Crippen LogP) is 1.90. The second kappa shape index (κ2) is 5.52. The minimum atomic E-state index is -3.54. The number of anilines is 1. The van der Waals surface area contributed by atoms with Crippen LogP contribution in [0.5, 0.6) is 0 Å². The smallest absolute Gasteiger partial charge is 0.246 e. The van der Waals surface area contributed by atoms with E-state index in [0.717, 1.165) is 18.4 Å². The Morgan fingerprint density at radius 1 is 1.38 bits per heavy atom. The summed E-state index contributed by atoms with van der Waals surface area (Å²) in [5, 5.41) is 8.38. The molecule has 0 atom stereocenters. The summed E-state index contributed by atoms with van der Waals surface area (Å²) < 4.78 is 25.3. The van der Waals surface area contributed by atoms with Crippen LogP contribution >= 0.6 is 0 Å². The molecule has 0 saturated heterocycles. The number of benzene rings is 1. The highest BCUT2D eigenvalue weighted by Crippen LogP contribution is 2.18. The highest BCUT2D eigenvalue weighted by Gasteiger charge is 2.11. The zero-order valence-corrected chi connectivity index (χ0v) is 9.92. The van der Waals surface area contributed by atoms with Gasteiger partial charge in [-0.1, -0.05) is 31.5 Å². The zero-order chi connectivity index (χ0) is 12.0. The molecule has 0 unspecified atom stereocenters. The van der Waals surface area contributed by atoms with Crippen molar-refractivity contribution in [2.45, 2.75) is 19.8 Å². The van der Waals surface area contributed by atoms with Gasteiger partial charge in [-0.25, -0.2) is 8.42 Å². The minimum absolute atomic E-state index is 0.520. The first-order chi connectivity index (χ1) is 7.59. The van der Waals surface area contributed by atoms with Crippen molar-refractivity contribution in [3.05, 3.63) is 29.8 Å². The van der Waals surface area contributed by atoms with Crippen molar-refractivity contribution in [3.8, 4) is 6.07 Å². The van der Waals surface area contributed by atoms with Gasteiger partial charge in [0.1, 0.15) is 0 Å². The van der Waals surface area contributed by atoms with Gasteiger partial charge in [-0.3, -0.25) is 4.72 Å². The number of rotatable bonds is 5. The summed E-state index contributed by atoms with van der Waals surface area (Å²) in [5.74, 6) is -0.520. The van der Waals surface area contributed by atoms with E-state index >= 15 is 0 Å². The molecule has 0 spiro atoms. The Morgan fingerprint density at radius 2 is 2.06 bits per heavy atom. The van der Waals surface area contributed by atoms with Crippen molar-refractivity contribution in [2.24, 2.45) is 0 Å². The summed E-state index contributed by atoms with van der Waals surface area (Å²) >= 11 is 0. The van der Waals surface area contributed by atoms with E-state index in [4.69, 9.17) is 5.26 Å². The van der Waals surface area contributed by atoms with E-state index in [1.54, 1.807) is 18.2 Å². The van der Waals surface area contributed by atoms with Gasteiger partial charge in [0.15, 0.2) is 5.75 Å². The molecule has 0 bridgehead atoms. The molecule has 0 saturated carbocycles. The van der Waals surface area contributed by atoms with Crippen molar-refractivity contribution in [1.82, 2.24) is 0 Å². The molecule has 0 fully saturated rings. The van der Waals surface area contributed by atoms with E-state index in [0.29, 0.717) is 5.69 Å². The Hall–Kier alpha value is -1.54. The first-order valence-electron chi connectivity index (χ1n) is 5.04. The zero-order valence-electron chi connectivity index (χ0n) is 9.10. The number of hydrogen-bond acceptors (Lipinski definition) is 3. The van der Waals surface area contributed by atoms with Crippen LogP contribution in [-0.2, 0) is 16.4 Å². The molecule has 16 heavy (non-hydrogen) atoms. The van der Waals surface area contributed by atoms with E-state index < -0.39 is 15.8 Å². The second-order valence-corrected chi connectivity index (χ2v) is 5.15. The number of nitrogens with one attached hydrogen (secondary N) is 1. The molecule has 0 aliphatic carbocycles. The second-order valence-electron chi connectivity index (χ2n) is 3.43. The van der Waals surface area contributed by atoms with Gasteiger partial charge in [-0.15, -0.1) is 0 Å². The molecule has 0 amide bonds.